The fourth-order valence-corrected chi connectivity index (χ4v) is 4.58. The minimum Gasteiger partial charge on any atom is -0.334 e. The van der Waals surface area contributed by atoms with E-state index in [4.69, 9.17) is 34.8 Å². The lowest BCUT2D eigenvalue weighted by Gasteiger charge is -2.24. The number of unbranched alkanes of at least 4 members (excludes halogenated alkanes) is 4. The van der Waals surface area contributed by atoms with Crippen LogP contribution in [0.15, 0.2) is 91.1 Å². The standard InChI is InChI=1S/C34H42Cl3NO/c1-2-3-4-5-6-7-8-9-10-11-12-13-14-15-16-17-18-19-34(39)38(27-29-20-23-31(35)24-21-29)28-30-22-25-32(36)26-33(30)37/h6-7,9-10,12-13,15-16,20-26H,2-5,8,11,14,17-19,27-28H2,1H3. The van der Waals surface area contributed by atoms with Crippen molar-refractivity contribution >= 4 is 40.7 Å². The van der Waals surface area contributed by atoms with Crippen molar-refractivity contribution < 1.29 is 4.79 Å². The quantitative estimate of drug-likeness (QED) is 0.126. The predicted octanol–water partition coefficient (Wildman–Crippen LogP) is 11.3. The summed E-state index contributed by atoms with van der Waals surface area (Å²) in [6.45, 7) is 3.17. The number of allylic oxidation sites excluding steroid dienone is 8. The van der Waals surface area contributed by atoms with E-state index >= 15 is 0 Å². The normalized spacial score (nSPS) is 12.0. The summed E-state index contributed by atoms with van der Waals surface area (Å²) in [5.41, 5.74) is 1.90. The Balaban J connectivity index is 1.72. The second kappa shape index (κ2) is 20.6. The van der Waals surface area contributed by atoms with Gasteiger partial charge < -0.3 is 4.90 Å². The lowest BCUT2D eigenvalue weighted by molar-refractivity contribution is -0.132. The van der Waals surface area contributed by atoms with Crippen LogP contribution in [-0.4, -0.2) is 10.8 Å². The van der Waals surface area contributed by atoms with Gasteiger partial charge in [-0.3, -0.25) is 4.79 Å². The molecule has 0 unspecified atom stereocenters. The van der Waals surface area contributed by atoms with E-state index in [0.29, 0.717) is 34.6 Å². The third-order valence-corrected chi connectivity index (χ3v) is 7.07. The Labute approximate surface area is 251 Å². The molecule has 0 saturated heterocycles. The zero-order valence-electron chi connectivity index (χ0n) is 23.1. The summed E-state index contributed by atoms with van der Waals surface area (Å²) in [4.78, 5) is 15.0. The number of hydrogen-bond acceptors (Lipinski definition) is 1. The molecule has 2 aromatic rings. The smallest absolute Gasteiger partial charge is 0.223 e. The third-order valence-electron chi connectivity index (χ3n) is 6.23. The molecule has 2 rings (SSSR count). The van der Waals surface area contributed by atoms with Crippen LogP contribution in [0.4, 0.5) is 0 Å². The molecule has 5 heteroatoms. The second-order valence-corrected chi connectivity index (χ2v) is 10.9. The molecule has 210 valence electrons. The average molecular weight is 587 g/mol. The maximum Gasteiger partial charge on any atom is 0.223 e. The fourth-order valence-electron chi connectivity index (χ4n) is 3.99. The summed E-state index contributed by atoms with van der Waals surface area (Å²) in [5, 5.41) is 1.83. The van der Waals surface area contributed by atoms with Crippen molar-refractivity contribution in [1.82, 2.24) is 4.90 Å². The summed E-state index contributed by atoms with van der Waals surface area (Å²) in [7, 11) is 0. The van der Waals surface area contributed by atoms with Crippen molar-refractivity contribution in [3.63, 3.8) is 0 Å². The highest BCUT2D eigenvalue weighted by molar-refractivity contribution is 6.35. The molecule has 0 aliphatic heterocycles. The van der Waals surface area contributed by atoms with Crippen molar-refractivity contribution in [2.45, 2.75) is 84.2 Å². The molecular weight excluding hydrogens is 545 g/mol. The number of benzene rings is 2. The molecule has 2 nitrogen and oxygen atoms in total. The molecule has 0 aliphatic rings. The first-order chi connectivity index (χ1) is 19.0. The van der Waals surface area contributed by atoms with Crippen molar-refractivity contribution in [2.24, 2.45) is 0 Å². The van der Waals surface area contributed by atoms with E-state index in [1.807, 2.05) is 35.2 Å². The summed E-state index contributed by atoms with van der Waals surface area (Å²) in [6.07, 6.45) is 27.9. The van der Waals surface area contributed by atoms with E-state index in [1.165, 1.54) is 25.7 Å². The van der Waals surface area contributed by atoms with Crippen LogP contribution < -0.4 is 0 Å². The van der Waals surface area contributed by atoms with E-state index in [-0.39, 0.29) is 5.91 Å². The Kier molecular flexibility index (Phi) is 17.4. The first-order valence-corrected chi connectivity index (χ1v) is 15.2. The molecule has 0 aliphatic carbocycles. The van der Waals surface area contributed by atoms with Gasteiger partial charge in [-0.1, -0.05) is 121 Å². The Hall–Kier alpha value is -2.26. The molecular formula is C34H42Cl3NO. The summed E-state index contributed by atoms with van der Waals surface area (Å²) in [5.74, 6) is 0.104. The number of amides is 1. The lowest BCUT2D eigenvalue weighted by Crippen LogP contribution is -2.30. The number of rotatable bonds is 18. The molecule has 0 spiro atoms. The topological polar surface area (TPSA) is 20.3 Å². The van der Waals surface area contributed by atoms with Crippen molar-refractivity contribution in [3.05, 3.63) is 117 Å². The first kappa shape index (κ1) is 32.9. The Bertz CT molecular complexity index is 1090. The zero-order valence-corrected chi connectivity index (χ0v) is 25.4. The van der Waals surface area contributed by atoms with Crippen molar-refractivity contribution in [3.8, 4) is 0 Å². The van der Waals surface area contributed by atoms with Crippen LogP contribution in [0.1, 0.15) is 82.3 Å². The molecule has 0 N–H and O–H groups in total. The molecule has 39 heavy (non-hydrogen) atoms. The van der Waals surface area contributed by atoms with E-state index in [2.05, 4.69) is 55.5 Å². The predicted molar refractivity (Wildman–Crippen MR) is 171 cm³/mol. The molecule has 0 fully saturated rings. The molecule has 0 saturated carbocycles. The highest BCUT2D eigenvalue weighted by atomic mass is 35.5. The van der Waals surface area contributed by atoms with E-state index in [9.17, 15) is 4.79 Å². The van der Waals surface area contributed by atoms with Gasteiger partial charge in [-0.15, -0.1) is 0 Å². The number of carbonyl (C=O) groups excluding carboxylic acids is 1. The highest BCUT2D eigenvalue weighted by Gasteiger charge is 2.16. The van der Waals surface area contributed by atoms with Crippen LogP contribution in [0.5, 0.6) is 0 Å². The summed E-state index contributed by atoms with van der Waals surface area (Å²) >= 11 is 18.5. The molecule has 0 radical (unpaired) electrons. The minimum atomic E-state index is 0.104. The largest absolute Gasteiger partial charge is 0.334 e. The number of hydrogen-bond donors (Lipinski definition) is 0. The second-order valence-electron chi connectivity index (χ2n) is 9.59. The van der Waals surface area contributed by atoms with E-state index in [0.717, 1.165) is 43.2 Å². The van der Waals surface area contributed by atoms with Gasteiger partial charge >= 0.3 is 0 Å². The maximum absolute atomic E-state index is 13.1. The molecule has 2 aromatic carbocycles. The Morgan fingerprint density at radius 2 is 1.26 bits per heavy atom. The van der Waals surface area contributed by atoms with Gasteiger partial charge in [-0.2, -0.15) is 0 Å². The number of nitrogens with zero attached hydrogens (tertiary/aromatic N) is 1. The highest BCUT2D eigenvalue weighted by Crippen LogP contribution is 2.24. The van der Waals surface area contributed by atoms with Gasteiger partial charge in [0.1, 0.15) is 0 Å². The van der Waals surface area contributed by atoms with Crippen LogP contribution in [0, 0.1) is 0 Å². The monoisotopic (exact) mass is 585 g/mol. The van der Waals surface area contributed by atoms with Crippen LogP contribution in [0.25, 0.3) is 0 Å². The zero-order chi connectivity index (χ0) is 28.1. The molecule has 0 heterocycles. The summed E-state index contributed by atoms with van der Waals surface area (Å²) < 4.78 is 0. The Morgan fingerprint density at radius 3 is 1.85 bits per heavy atom. The number of carbonyl (C=O) groups is 1. The van der Waals surface area contributed by atoms with Gasteiger partial charge in [0.05, 0.1) is 0 Å². The minimum absolute atomic E-state index is 0.104. The average Bonchev–Trinajstić information content (AvgIpc) is 2.92. The molecule has 0 atom stereocenters. The first-order valence-electron chi connectivity index (χ1n) is 14.1. The molecule has 1 amide bonds. The SMILES string of the molecule is CCCCCC=CCC=CCC=CCC=CCCCC(=O)N(Cc1ccc(Cl)cc1)Cc1ccc(Cl)cc1Cl. The van der Waals surface area contributed by atoms with Gasteiger partial charge in [0.25, 0.3) is 0 Å². The van der Waals surface area contributed by atoms with Crippen LogP contribution in [-0.2, 0) is 17.9 Å². The Morgan fingerprint density at radius 1 is 0.692 bits per heavy atom. The van der Waals surface area contributed by atoms with Crippen molar-refractivity contribution in [2.75, 3.05) is 0 Å². The molecule has 0 bridgehead atoms. The van der Waals surface area contributed by atoms with Gasteiger partial charge in [-0.05, 0) is 80.3 Å². The van der Waals surface area contributed by atoms with Crippen LogP contribution in [0.2, 0.25) is 15.1 Å². The fraction of sp³-hybridized carbons (Fsp3) is 0.382. The lowest BCUT2D eigenvalue weighted by atomic mass is 10.1. The van der Waals surface area contributed by atoms with Crippen LogP contribution >= 0.6 is 34.8 Å². The summed E-state index contributed by atoms with van der Waals surface area (Å²) in [6, 6.07) is 13.0. The maximum atomic E-state index is 13.1. The third kappa shape index (κ3) is 15.2. The van der Waals surface area contributed by atoms with Gasteiger partial charge in [0.2, 0.25) is 5.91 Å². The van der Waals surface area contributed by atoms with Crippen LogP contribution in [0.3, 0.4) is 0 Å². The van der Waals surface area contributed by atoms with Gasteiger partial charge in [0, 0.05) is 34.6 Å². The molecule has 0 aromatic heterocycles. The van der Waals surface area contributed by atoms with Gasteiger partial charge in [0.15, 0.2) is 0 Å². The van der Waals surface area contributed by atoms with Gasteiger partial charge in [-0.25, -0.2) is 0 Å². The van der Waals surface area contributed by atoms with E-state index in [1.54, 1.807) is 12.1 Å². The van der Waals surface area contributed by atoms with E-state index < -0.39 is 0 Å². The van der Waals surface area contributed by atoms with Crippen molar-refractivity contribution in [1.29, 1.82) is 0 Å². The number of halogens is 3.